The van der Waals surface area contributed by atoms with Crippen molar-refractivity contribution in [2.75, 3.05) is 26.2 Å². The second-order valence-corrected chi connectivity index (χ2v) is 8.40. The Morgan fingerprint density at radius 1 is 0.486 bits per heavy atom. The Morgan fingerprint density at radius 2 is 0.714 bits per heavy atom. The van der Waals surface area contributed by atoms with Crippen molar-refractivity contribution in [1.82, 2.24) is 9.97 Å². The summed E-state index contributed by atoms with van der Waals surface area (Å²) in [7, 11) is 0. The first kappa shape index (κ1) is 33.7. The third-order valence-corrected chi connectivity index (χ3v) is 5.06. The van der Waals surface area contributed by atoms with Crippen LogP contribution in [0.2, 0.25) is 0 Å². The minimum Gasteiger partial charge on any atom is -0.648 e. The van der Waals surface area contributed by atoms with Crippen LogP contribution in [0.1, 0.15) is 102 Å². The Morgan fingerprint density at radius 3 is 0.914 bits per heavy atom. The van der Waals surface area contributed by atoms with Gasteiger partial charge < -0.3 is 9.97 Å². The van der Waals surface area contributed by atoms with Gasteiger partial charge in [0.15, 0.2) is 0 Å². The van der Waals surface area contributed by atoms with E-state index >= 15 is 0 Å². The standard InChI is InChI=1S/2C14H22N3.Sr/c2*1-3-5-9-15-11-13-7-8-14(17-13)12-16-10-6-4-2;/h2*7-8,11-12H,3-6,9-10H2,1-2H3;/q2*-1;+2/p+4. The van der Waals surface area contributed by atoms with E-state index in [0.717, 1.165) is 49.0 Å². The number of aromatic nitrogens is 2. The predicted octanol–water partition coefficient (Wildman–Crippen LogP) is -1.89. The molecule has 0 aliphatic rings. The maximum Gasteiger partial charge on any atom is 2.00 e. The van der Waals surface area contributed by atoms with Gasteiger partial charge in [-0.2, -0.15) is 0 Å². The number of nitrogens with one attached hydrogen (secondary N) is 4. The van der Waals surface area contributed by atoms with Crippen LogP contribution in [-0.2, 0) is 0 Å². The molecule has 0 radical (unpaired) electrons. The molecule has 0 aromatic carbocycles. The van der Waals surface area contributed by atoms with E-state index in [1.54, 1.807) is 0 Å². The zero-order valence-electron chi connectivity index (χ0n) is 22.7. The van der Waals surface area contributed by atoms with E-state index in [1.807, 2.05) is 49.1 Å². The molecule has 0 fully saturated rings. The molecule has 4 N–H and O–H groups in total. The summed E-state index contributed by atoms with van der Waals surface area (Å²) in [6.45, 7) is 12.9. The molecule has 0 bridgehead atoms. The molecule has 0 saturated carbocycles. The van der Waals surface area contributed by atoms with E-state index in [2.05, 4.69) is 57.6 Å². The minimum absolute atomic E-state index is 0. The van der Waals surface area contributed by atoms with Crippen LogP contribution in [0.3, 0.4) is 0 Å². The first-order valence-electron chi connectivity index (χ1n) is 13.3. The maximum atomic E-state index is 4.47. The van der Waals surface area contributed by atoms with E-state index in [4.69, 9.17) is 0 Å². The van der Waals surface area contributed by atoms with Gasteiger partial charge in [-0.05, 0) is 0 Å². The summed E-state index contributed by atoms with van der Waals surface area (Å²) >= 11 is 0. The fourth-order valence-electron chi connectivity index (χ4n) is 2.93. The topological polar surface area (TPSA) is 84.1 Å². The smallest absolute Gasteiger partial charge is 0.648 e. The van der Waals surface area contributed by atoms with Crippen molar-refractivity contribution in [2.45, 2.75) is 79.1 Å². The number of hydrogen-bond donors (Lipinski definition) is 4. The number of unbranched alkanes of at least 4 members (excludes halogenated alkanes) is 4. The van der Waals surface area contributed by atoms with Crippen molar-refractivity contribution in [1.29, 1.82) is 0 Å². The van der Waals surface area contributed by atoms with Gasteiger partial charge in [0.25, 0.3) is 0 Å². The average molecular weight is 556 g/mol. The van der Waals surface area contributed by atoms with Crippen LogP contribution in [0.4, 0.5) is 0 Å². The van der Waals surface area contributed by atoms with Gasteiger partial charge in [0, 0.05) is 25.7 Å². The largest absolute Gasteiger partial charge is 2.00 e. The second-order valence-electron chi connectivity index (χ2n) is 8.40. The summed E-state index contributed by atoms with van der Waals surface area (Å²) in [6, 6.07) is 8.14. The molecular weight excluding hydrogens is 508 g/mol. The SMILES string of the molecule is CCCC[NH+]=Cc1ccc(C=[NH+]CCCC)[n-]1.CCCC[NH+]=Cc1ccc(C=[NH+]CCCC)[n-]1.[Sr+2]. The summed E-state index contributed by atoms with van der Waals surface area (Å²) in [5, 5.41) is 0. The maximum absolute atomic E-state index is 4.47. The zero-order chi connectivity index (χ0) is 24.7. The molecule has 2 rings (SSSR count). The molecule has 0 aliphatic carbocycles. The van der Waals surface area contributed by atoms with Crippen LogP contribution in [0.5, 0.6) is 0 Å². The Hall–Kier alpha value is -1.28. The van der Waals surface area contributed by atoms with Crippen LogP contribution in [0, 0.1) is 0 Å². The monoisotopic (exact) mass is 556 g/mol. The third kappa shape index (κ3) is 18.6. The summed E-state index contributed by atoms with van der Waals surface area (Å²) < 4.78 is 0. The van der Waals surface area contributed by atoms with E-state index in [1.165, 1.54) is 51.4 Å². The Kier molecular flexibility index (Phi) is 23.5. The number of nitrogens with zero attached hydrogens (tertiary/aromatic N) is 2. The first-order chi connectivity index (χ1) is 16.7. The fraction of sp³-hybridized carbons (Fsp3) is 0.571. The quantitative estimate of drug-likeness (QED) is 0.111. The molecule has 2 heterocycles. The molecule has 188 valence electrons. The van der Waals surface area contributed by atoms with Gasteiger partial charge in [0.1, 0.15) is 51.0 Å². The van der Waals surface area contributed by atoms with E-state index in [0.29, 0.717) is 0 Å². The summed E-state index contributed by atoms with van der Waals surface area (Å²) in [6.07, 6.45) is 17.6. The van der Waals surface area contributed by atoms with Gasteiger partial charge in [-0.3, -0.25) is 0 Å². The molecule has 35 heavy (non-hydrogen) atoms. The molecule has 0 spiro atoms. The van der Waals surface area contributed by atoms with Gasteiger partial charge in [-0.1, -0.05) is 100 Å². The fourth-order valence-corrected chi connectivity index (χ4v) is 2.93. The van der Waals surface area contributed by atoms with Crippen molar-refractivity contribution in [3.63, 3.8) is 0 Å². The van der Waals surface area contributed by atoms with Gasteiger partial charge in [-0.25, -0.2) is 20.0 Å². The molecule has 0 unspecified atom stereocenters. The van der Waals surface area contributed by atoms with Crippen molar-refractivity contribution >= 4 is 70.3 Å². The summed E-state index contributed by atoms with van der Waals surface area (Å²) in [5.74, 6) is 0. The van der Waals surface area contributed by atoms with Crippen LogP contribution in [0.15, 0.2) is 24.3 Å². The molecular formula is C28H48N6Sr+4. The van der Waals surface area contributed by atoms with Crippen LogP contribution < -0.4 is 29.9 Å². The Bertz CT molecular complexity index is 712. The molecule has 6 nitrogen and oxygen atoms in total. The van der Waals surface area contributed by atoms with E-state index in [9.17, 15) is 0 Å². The minimum atomic E-state index is 0. The van der Waals surface area contributed by atoms with Crippen molar-refractivity contribution in [3.8, 4) is 0 Å². The van der Waals surface area contributed by atoms with Gasteiger partial charge in [-0.15, -0.1) is 0 Å². The average Bonchev–Trinajstić information content (AvgIpc) is 3.50. The van der Waals surface area contributed by atoms with Crippen molar-refractivity contribution < 1.29 is 20.0 Å². The van der Waals surface area contributed by atoms with Crippen LogP contribution in [0.25, 0.3) is 0 Å². The molecule has 0 aliphatic heterocycles. The normalized spacial score (nSPS) is 11.5. The van der Waals surface area contributed by atoms with Crippen molar-refractivity contribution in [2.24, 2.45) is 0 Å². The molecule has 0 saturated heterocycles. The number of hydrogen-bond acceptors (Lipinski definition) is 0. The van der Waals surface area contributed by atoms with Crippen molar-refractivity contribution in [3.05, 3.63) is 47.0 Å². The van der Waals surface area contributed by atoms with E-state index < -0.39 is 0 Å². The predicted molar refractivity (Wildman–Crippen MR) is 149 cm³/mol. The molecule has 7 heteroatoms. The van der Waals surface area contributed by atoms with Crippen LogP contribution in [-0.4, -0.2) is 96.5 Å². The second kappa shape index (κ2) is 24.4. The van der Waals surface area contributed by atoms with Gasteiger partial charge in [0.2, 0.25) is 0 Å². The van der Waals surface area contributed by atoms with Crippen LogP contribution >= 0.6 is 0 Å². The Balaban J connectivity index is 0.000000642. The Labute approximate surface area is 250 Å². The van der Waals surface area contributed by atoms with Gasteiger partial charge >= 0.3 is 45.5 Å². The molecule has 0 amide bonds. The molecule has 2 aromatic heterocycles. The van der Waals surface area contributed by atoms with Gasteiger partial charge in [0.05, 0.1) is 0 Å². The first-order valence-corrected chi connectivity index (χ1v) is 13.3. The summed E-state index contributed by atoms with van der Waals surface area (Å²) in [4.78, 5) is 22.0. The molecule has 0 atom stereocenters. The van der Waals surface area contributed by atoms with E-state index in [-0.39, 0.29) is 45.5 Å². The zero-order valence-corrected chi connectivity index (χ0v) is 26.2. The number of rotatable bonds is 16. The molecule has 2 aromatic rings. The summed E-state index contributed by atoms with van der Waals surface area (Å²) in [5.41, 5.74) is 4.02. The third-order valence-electron chi connectivity index (χ3n) is 5.06.